The molecule has 1 aliphatic heterocycles. The molecule has 1 aliphatic rings. The lowest BCUT2D eigenvalue weighted by molar-refractivity contribution is 0.174. The van der Waals surface area contributed by atoms with Gasteiger partial charge in [-0.3, -0.25) is 0 Å². The van der Waals surface area contributed by atoms with Crippen molar-refractivity contribution in [2.75, 3.05) is 13.0 Å². The van der Waals surface area contributed by atoms with Crippen molar-refractivity contribution >= 4 is 28.7 Å². The highest BCUT2D eigenvalue weighted by atomic mass is 31.2. The second kappa shape index (κ2) is 9.02. The van der Waals surface area contributed by atoms with Gasteiger partial charge in [0.15, 0.2) is 11.5 Å². The standard InChI is InChI=1S/C29H26O2P/c1-23(24-17-18-28-29(21-24)31-22-30-28)19-20-32(25-11-5-2-6-12-25,26-13-7-3-8-14-26)27-15-9-4-10-16-27/h2-19,21H,20,22H2,1H3/q+1/b23-19+. The summed E-state index contributed by atoms with van der Waals surface area (Å²) in [6.07, 6.45) is 3.35. The molecule has 1 heterocycles. The summed E-state index contributed by atoms with van der Waals surface area (Å²) in [5.41, 5.74) is 2.41. The van der Waals surface area contributed by atoms with Crippen LogP contribution >= 0.6 is 7.26 Å². The van der Waals surface area contributed by atoms with Crippen molar-refractivity contribution in [2.24, 2.45) is 0 Å². The van der Waals surface area contributed by atoms with E-state index in [4.69, 9.17) is 9.47 Å². The quantitative estimate of drug-likeness (QED) is 0.354. The molecule has 0 aliphatic carbocycles. The van der Waals surface area contributed by atoms with Gasteiger partial charge in [0.2, 0.25) is 6.79 Å². The van der Waals surface area contributed by atoms with Crippen molar-refractivity contribution in [3.8, 4) is 11.5 Å². The fraction of sp³-hybridized carbons (Fsp3) is 0.103. The highest BCUT2D eigenvalue weighted by Gasteiger charge is 2.44. The van der Waals surface area contributed by atoms with E-state index in [0.717, 1.165) is 17.7 Å². The number of allylic oxidation sites excluding steroid dienone is 2. The minimum absolute atomic E-state index is 0.298. The van der Waals surface area contributed by atoms with Gasteiger partial charge in [-0.25, -0.2) is 0 Å². The van der Waals surface area contributed by atoms with E-state index in [1.54, 1.807) is 0 Å². The lowest BCUT2D eigenvalue weighted by atomic mass is 10.1. The Morgan fingerprint density at radius 1 is 0.688 bits per heavy atom. The smallest absolute Gasteiger partial charge is 0.231 e. The van der Waals surface area contributed by atoms with Crippen LogP contribution in [0, 0.1) is 0 Å². The highest BCUT2D eigenvalue weighted by molar-refractivity contribution is 7.95. The van der Waals surface area contributed by atoms with E-state index < -0.39 is 7.26 Å². The largest absolute Gasteiger partial charge is 0.454 e. The average molecular weight is 437 g/mol. The molecule has 4 aromatic rings. The summed E-state index contributed by atoms with van der Waals surface area (Å²) in [5, 5.41) is 4.19. The Balaban J connectivity index is 1.64. The van der Waals surface area contributed by atoms with Gasteiger partial charge in [-0.05, 0) is 72.7 Å². The first-order valence-corrected chi connectivity index (χ1v) is 12.9. The van der Waals surface area contributed by atoms with Gasteiger partial charge in [-0.1, -0.05) is 60.7 Å². The van der Waals surface area contributed by atoms with Gasteiger partial charge in [0.1, 0.15) is 23.2 Å². The van der Waals surface area contributed by atoms with Gasteiger partial charge >= 0.3 is 0 Å². The molecule has 0 saturated carbocycles. The SMILES string of the molecule is C/C(=C\C[P+](c1ccccc1)(c1ccccc1)c1ccccc1)c1ccc2c(c1)OCO2. The Morgan fingerprint density at radius 3 is 1.72 bits per heavy atom. The molecule has 5 rings (SSSR count). The van der Waals surface area contributed by atoms with Crippen LogP contribution in [0.3, 0.4) is 0 Å². The van der Waals surface area contributed by atoms with E-state index in [1.807, 2.05) is 6.07 Å². The lowest BCUT2D eigenvalue weighted by Gasteiger charge is -2.27. The molecule has 0 saturated heterocycles. The zero-order chi connectivity index (χ0) is 21.8. The summed E-state index contributed by atoms with van der Waals surface area (Å²) in [5.74, 6) is 1.65. The third kappa shape index (κ3) is 3.83. The van der Waals surface area contributed by atoms with Crippen molar-refractivity contribution in [1.29, 1.82) is 0 Å². The van der Waals surface area contributed by atoms with Gasteiger partial charge in [-0.2, -0.15) is 0 Å². The van der Waals surface area contributed by atoms with Crippen LogP contribution in [-0.2, 0) is 0 Å². The predicted octanol–water partition coefficient (Wildman–Crippen LogP) is 5.81. The summed E-state index contributed by atoms with van der Waals surface area (Å²) in [6.45, 7) is 2.49. The molecule has 0 N–H and O–H groups in total. The molecular weight excluding hydrogens is 411 g/mol. The monoisotopic (exact) mass is 437 g/mol. The Kier molecular flexibility index (Phi) is 5.79. The number of benzene rings is 4. The topological polar surface area (TPSA) is 18.5 Å². The van der Waals surface area contributed by atoms with Gasteiger partial charge in [-0.15, -0.1) is 0 Å². The fourth-order valence-electron chi connectivity index (χ4n) is 4.34. The molecule has 0 spiro atoms. The molecule has 0 amide bonds. The number of hydrogen-bond acceptors (Lipinski definition) is 2. The summed E-state index contributed by atoms with van der Waals surface area (Å²) < 4.78 is 11.1. The van der Waals surface area contributed by atoms with E-state index in [0.29, 0.717) is 6.79 Å². The molecule has 0 unspecified atom stereocenters. The van der Waals surface area contributed by atoms with Crippen LogP contribution in [0.1, 0.15) is 12.5 Å². The molecular formula is C29H26O2P+. The van der Waals surface area contributed by atoms with E-state index in [2.05, 4.69) is 116 Å². The molecule has 2 nitrogen and oxygen atoms in total. The van der Waals surface area contributed by atoms with Gasteiger partial charge < -0.3 is 9.47 Å². The van der Waals surface area contributed by atoms with Gasteiger partial charge in [0.05, 0.1) is 6.16 Å². The van der Waals surface area contributed by atoms with Crippen molar-refractivity contribution in [3.63, 3.8) is 0 Å². The van der Waals surface area contributed by atoms with E-state index in [9.17, 15) is 0 Å². The van der Waals surface area contributed by atoms with E-state index in [1.165, 1.54) is 27.1 Å². The van der Waals surface area contributed by atoms with Gasteiger partial charge in [0, 0.05) is 0 Å². The minimum atomic E-state index is -1.88. The first-order chi connectivity index (χ1) is 15.8. The lowest BCUT2D eigenvalue weighted by Crippen LogP contribution is -2.32. The first-order valence-electron chi connectivity index (χ1n) is 10.9. The van der Waals surface area contributed by atoms with Crippen LogP contribution in [0.15, 0.2) is 115 Å². The second-order valence-corrected chi connectivity index (χ2v) is 11.5. The third-order valence-corrected chi connectivity index (χ3v) is 10.4. The van der Waals surface area contributed by atoms with Crippen LogP contribution in [0.2, 0.25) is 0 Å². The minimum Gasteiger partial charge on any atom is -0.454 e. The van der Waals surface area contributed by atoms with Gasteiger partial charge in [0.25, 0.3) is 0 Å². The number of fused-ring (bicyclic) bond motifs is 1. The third-order valence-electron chi connectivity index (χ3n) is 6.09. The zero-order valence-electron chi connectivity index (χ0n) is 18.1. The number of hydrogen-bond donors (Lipinski definition) is 0. The first kappa shape index (κ1) is 20.5. The maximum Gasteiger partial charge on any atom is 0.231 e. The maximum atomic E-state index is 5.60. The summed E-state index contributed by atoms with van der Waals surface area (Å²) in [6, 6.07) is 39.2. The normalized spacial score (nSPS) is 13.2. The summed E-state index contributed by atoms with van der Waals surface area (Å²) >= 11 is 0. The zero-order valence-corrected chi connectivity index (χ0v) is 19.0. The number of rotatable bonds is 6. The van der Waals surface area contributed by atoms with Crippen molar-refractivity contribution in [2.45, 2.75) is 6.92 Å². The highest BCUT2D eigenvalue weighted by Crippen LogP contribution is 2.55. The fourth-order valence-corrected chi connectivity index (χ4v) is 8.46. The molecule has 0 radical (unpaired) electrons. The molecule has 32 heavy (non-hydrogen) atoms. The van der Waals surface area contributed by atoms with Crippen LogP contribution in [-0.4, -0.2) is 13.0 Å². The van der Waals surface area contributed by atoms with E-state index in [-0.39, 0.29) is 0 Å². The van der Waals surface area contributed by atoms with Crippen molar-refractivity contribution in [1.82, 2.24) is 0 Å². The second-order valence-electron chi connectivity index (χ2n) is 7.95. The molecule has 0 atom stereocenters. The number of ether oxygens (including phenoxy) is 2. The van der Waals surface area contributed by atoms with Crippen molar-refractivity contribution < 1.29 is 9.47 Å². The molecule has 158 valence electrons. The Hall–Kier alpha value is -3.35. The molecule has 0 aromatic heterocycles. The van der Waals surface area contributed by atoms with Crippen LogP contribution < -0.4 is 25.4 Å². The van der Waals surface area contributed by atoms with Crippen LogP contribution in [0.25, 0.3) is 5.57 Å². The Labute approximate surface area is 190 Å². The Morgan fingerprint density at radius 2 is 1.19 bits per heavy atom. The molecule has 0 bridgehead atoms. The maximum absolute atomic E-state index is 5.60. The Bertz CT molecular complexity index is 1120. The van der Waals surface area contributed by atoms with Crippen molar-refractivity contribution in [3.05, 3.63) is 121 Å². The molecule has 3 heteroatoms. The molecule has 4 aromatic carbocycles. The summed E-state index contributed by atoms with van der Waals surface area (Å²) in [4.78, 5) is 0. The summed E-state index contributed by atoms with van der Waals surface area (Å²) in [7, 11) is -1.88. The predicted molar refractivity (Wildman–Crippen MR) is 136 cm³/mol. The van der Waals surface area contributed by atoms with E-state index >= 15 is 0 Å². The average Bonchev–Trinajstić information content (AvgIpc) is 3.34. The van der Waals surface area contributed by atoms with Crippen LogP contribution in [0.5, 0.6) is 11.5 Å². The van der Waals surface area contributed by atoms with Crippen LogP contribution in [0.4, 0.5) is 0 Å². The molecule has 0 fully saturated rings.